The van der Waals surface area contributed by atoms with Crippen molar-refractivity contribution in [1.29, 1.82) is 0 Å². The van der Waals surface area contributed by atoms with Crippen LogP contribution in [0.3, 0.4) is 0 Å². The highest BCUT2D eigenvalue weighted by Gasteiger charge is 2.30. The lowest BCUT2D eigenvalue weighted by molar-refractivity contribution is -0.142. The van der Waals surface area contributed by atoms with Crippen LogP contribution in [0.15, 0.2) is 125 Å². The van der Waals surface area contributed by atoms with E-state index in [9.17, 15) is 119 Å². The van der Waals surface area contributed by atoms with Crippen LogP contribution >= 0.6 is 0 Å². The Morgan fingerprint density at radius 2 is 0.516 bits per heavy atom. The number of urea groups is 4. The summed E-state index contributed by atoms with van der Waals surface area (Å²) in [5.74, 6) is -16.1. The second-order valence-corrected chi connectivity index (χ2v) is 30.1. The molecule has 716 valence electrons. The standard InChI is InChI=1S/C19H27N3O9S.C19H25N3O8.C19H27N3O7.C18H25N3O9S.3C2H6/c1-12-5-7-13(8-6-12)32(30,31)20-11-3-2-4-14(17(25)26)21-19(29)22-15(18(27)28)9-10-16(23)24;23-15(24)10-9-14(18(28)29)22-19(30)21-13(17(26)27)8-4-5-11-20-16(25)12-6-2-1-3-7-12;23-16(24)10-9-15(18(27)28)22-19(29)21-14(17(25)26)8-4-5-11-20-12-13-6-2-1-3-7-13;22-15(23)10-9-14(17(26)27)21-18(28)20-13(16(24)25)8-4-5-11-19-31(29,30)12-6-2-1-3-7-12;3*1-2/h5-8,14-15,20H,2-4,9-11H2,1H3,(H,23,24)(H,25,26)(H,27,28)(H2,21,22,29);1-3,6-7,13-14H,4-5,8-11H2,(H,20,25)(H,23,24)(H,26,27)(H,28,29)(H2,21,22,30);1-3,6-7,14-15,20H,4-5,8-12H2,(H,23,24)(H,25,26)(H,27,28)(H2,21,22,29);1-3,6-7,13-14,19H,4-5,8-11H2,(H,22,23)(H,24,25)(H,26,27)(H2,20,21,28);3*1-2H3. The van der Waals surface area contributed by atoms with E-state index in [1.165, 1.54) is 24.3 Å². The Labute approximate surface area is 740 Å². The summed E-state index contributed by atoms with van der Waals surface area (Å²) in [6, 6.07) is 17.4. The zero-order valence-corrected chi connectivity index (χ0v) is 73.7. The first kappa shape index (κ1) is 119. The molecule has 4 aromatic rings. The van der Waals surface area contributed by atoms with Gasteiger partial charge in [-0.05, 0) is 158 Å². The smallest absolute Gasteiger partial charge is 0.326 e. The number of nitrogens with one attached hydrogen (secondary N) is 12. The maximum absolute atomic E-state index is 12.2. The van der Waals surface area contributed by atoms with Crippen molar-refractivity contribution in [1.82, 2.24) is 62.6 Å². The summed E-state index contributed by atoms with van der Waals surface area (Å²) in [5.41, 5.74) is 2.57. The van der Waals surface area contributed by atoms with Crippen LogP contribution in [0.25, 0.3) is 0 Å². The maximum Gasteiger partial charge on any atom is 0.326 e. The molecule has 24 N–H and O–H groups in total. The van der Waals surface area contributed by atoms with Gasteiger partial charge < -0.3 is 114 Å². The monoisotopic (exact) mass is 1850 g/mol. The van der Waals surface area contributed by atoms with Crippen molar-refractivity contribution in [2.75, 3.05) is 26.2 Å². The molecule has 47 heteroatoms. The fraction of sp³-hybridized carbons (Fsp3) is 0.494. The molecule has 4 aromatic carbocycles. The summed E-state index contributed by atoms with van der Waals surface area (Å²) >= 11 is 0. The van der Waals surface area contributed by atoms with Gasteiger partial charge in [-0.2, -0.15) is 0 Å². The summed E-state index contributed by atoms with van der Waals surface area (Å²) in [6.07, 6.45) is 0.181. The molecule has 0 saturated heterocycles. The largest absolute Gasteiger partial charge is 0.481 e. The minimum absolute atomic E-state index is 0.0251. The lowest BCUT2D eigenvalue weighted by Crippen LogP contribution is -2.51. The van der Waals surface area contributed by atoms with E-state index in [2.05, 4.69) is 52.0 Å². The number of hydrogen-bond donors (Lipinski definition) is 24. The molecule has 0 aliphatic heterocycles. The number of carbonyl (C=O) groups excluding carboxylic acids is 5. The summed E-state index contributed by atoms with van der Waals surface area (Å²) in [5, 5.41) is 130. The zero-order valence-electron chi connectivity index (χ0n) is 72.0. The molecule has 4 rings (SSSR count). The molecule has 0 aliphatic carbocycles. The van der Waals surface area contributed by atoms with Crippen molar-refractivity contribution in [3.63, 3.8) is 0 Å². The highest BCUT2D eigenvalue weighted by atomic mass is 32.2. The predicted molar refractivity (Wildman–Crippen MR) is 460 cm³/mol. The van der Waals surface area contributed by atoms with Gasteiger partial charge in [0, 0.05) is 57.4 Å². The van der Waals surface area contributed by atoms with Crippen LogP contribution in [0.2, 0.25) is 0 Å². The van der Waals surface area contributed by atoms with Crippen molar-refractivity contribution in [2.45, 2.75) is 242 Å². The third-order valence-corrected chi connectivity index (χ3v) is 19.7. The first-order valence-corrected chi connectivity index (χ1v) is 43.6. The van der Waals surface area contributed by atoms with Crippen LogP contribution in [-0.2, 0) is 84.1 Å². The quantitative estimate of drug-likeness (QED) is 0.0244. The van der Waals surface area contributed by atoms with Crippen LogP contribution in [0.1, 0.15) is 191 Å². The van der Waals surface area contributed by atoms with Gasteiger partial charge in [0.25, 0.3) is 5.91 Å². The SMILES string of the molecule is CC.CC.CC.Cc1ccc(S(=O)(=O)NCCCCC(NC(=O)NC(CCC(=O)O)C(=O)O)C(=O)O)cc1.O=C(O)CCC(NC(=O)NC(CCCCNC(=O)c1ccccc1)C(=O)O)C(=O)O.O=C(O)CCC(NC(=O)NC(CCCCNCc1ccccc1)C(=O)O)C(=O)O.O=C(O)CCC(NC(=O)NC(CCCCNS(=O)(=O)c1ccccc1)C(=O)O)C(=O)O. The fourth-order valence-corrected chi connectivity index (χ4v) is 12.4. The summed E-state index contributed by atoms with van der Waals surface area (Å²) in [4.78, 5) is 192. The number of rotatable bonds is 55. The van der Waals surface area contributed by atoms with Crippen LogP contribution in [0.4, 0.5) is 19.2 Å². The van der Waals surface area contributed by atoms with Crippen LogP contribution < -0.4 is 62.6 Å². The molecule has 0 heterocycles. The number of sulfonamides is 2. The molecule has 0 fully saturated rings. The zero-order chi connectivity index (χ0) is 97.9. The first-order valence-electron chi connectivity index (χ1n) is 40.6. The molecular formula is C81H122N12O33S2. The average Bonchev–Trinajstić information content (AvgIpc) is 0.842. The van der Waals surface area contributed by atoms with Crippen molar-refractivity contribution >= 4 is 122 Å². The predicted octanol–water partition coefficient (Wildman–Crippen LogP) is 5.47. The number of benzene rings is 4. The topological polar surface area (TPSA) is 746 Å². The van der Waals surface area contributed by atoms with Crippen LogP contribution in [0, 0.1) is 6.92 Å². The number of carboxylic acid groups (broad SMARTS) is 12. The van der Waals surface area contributed by atoms with E-state index in [-0.39, 0.29) is 93.0 Å². The molecule has 45 nitrogen and oxygen atoms in total. The van der Waals surface area contributed by atoms with E-state index in [1.54, 1.807) is 60.7 Å². The van der Waals surface area contributed by atoms with Gasteiger partial charge in [-0.3, -0.25) is 24.0 Å². The van der Waals surface area contributed by atoms with Crippen molar-refractivity contribution < 1.29 is 160 Å². The second kappa shape index (κ2) is 69.1. The second-order valence-electron chi connectivity index (χ2n) is 26.5. The van der Waals surface area contributed by atoms with E-state index >= 15 is 0 Å². The van der Waals surface area contributed by atoms with Gasteiger partial charge in [-0.25, -0.2) is 83.8 Å². The normalized spacial score (nSPS) is 12.3. The maximum atomic E-state index is 12.2. The fourth-order valence-electron chi connectivity index (χ4n) is 10.2. The van der Waals surface area contributed by atoms with Crippen molar-refractivity contribution in [3.8, 4) is 0 Å². The molecule has 0 aliphatic rings. The third-order valence-electron chi connectivity index (χ3n) is 16.7. The molecule has 8 atom stereocenters. The number of aliphatic carboxylic acids is 12. The van der Waals surface area contributed by atoms with Crippen molar-refractivity contribution in [3.05, 3.63) is 132 Å². The number of carboxylic acids is 12. The molecule has 8 unspecified atom stereocenters. The van der Waals surface area contributed by atoms with Gasteiger partial charge in [0.05, 0.1) is 9.79 Å². The Hall–Kier alpha value is -13.2. The molecule has 0 aromatic heterocycles. The van der Waals surface area contributed by atoms with E-state index in [0.717, 1.165) is 11.1 Å². The highest BCUT2D eigenvalue weighted by Crippen LogP contribution is 2.14. The molecule has 0 bridgehead atoms. The Morgan fingerprint density at radius 3 is 0.781 bits per heavy atom. The van der Waals surface area contributed by atoms with E-state index in [1.807, 2.05) is 89.4 Å². The highest BCUT2D eigenvalue weighted by molar-refractivity contribution is 7.89. The summed E-state index contributed by atoms with van der Waals surface area (Å²) < 4.78 is 53.4. The van der Waals surface area contributed by atoms with Gasteiger partial charge in [0.15, 0.2) is 0 Å². The number of aryl methyl sites for hydroxylation is 1. The number of carbonyl (C=O) groups is 17. The Balaban J connectivity index is -0.00000159. The van der Waals surface area contributed by atoms with E-state index < -0.39 is 190 Å². The summed E-state index contributed by atoms with van der Waals surface area (Å²) in [6.45, 7) is 15.7. The van der Waals surface area contributed by atoms with Crippen LogP contribution in [0.5, 0.6) is 0 Å². The molecule has 0 spiro atoms. The average molecular weight is 1860 g/mol. The summed E-state index contributed by atoms with van der Waals surface area (Å²) in [7, 11) is -7.36. The Bertz CT molecular complexity index is 4310. The van der Waals surface area contributed by atoms with Gasteiger partial charge >= 0.3 is 95.8 Å². The molecule has 0 saturated carbocycles. The lowest BCUT2D eigenvalue weighted by Gasteiger charge is -2.18. The van der Waals surface area contributed by atoms with Crippen molar-refractivity contribution in [2.24, 2.45) is 0 Å². The molecule has 0 radical (unpaired) electrons. The van der Waals surface area contributed by atoms with Gasteiger partial charge in [0.2, 0.25) is 20.0 Å². The minimum atomic E-state index is -3.69. The molecular weight excluding hydrogens is 1730 g/mol. The molecule has 128 heavy (non-hydrogen) atoms. The minimum Gasteiger partial charge on any atom is -0.481 e. The van der Waals surface area contributed by atoms with E-state index in [0.29, 0.717) is 63.7 Å². The Kier molecular flexibility index (Phi) is 64.2. The van der Waals surface area contributed by atoms with Gasteiger partial charge in [-0.15, -0.1) is 0 Å². The molecule has 9 amide bonds. The lowest BCUT2D eigenvalue weighted by atomic mass is 10.1. The van der Waals surface area contributed by atoms with Gasteiger partial charge in [0.1, 0.15) is 48.3 Å². The third kappa shape index (κ3) is 58.1. The number of unbranched alkanes of at least 4 members (excludes halogenated alkanes) is 4. The number of hydrogen-bond acceptors (Lipinski definition) is 22. The van der Waals surface area contributed by atoms with Crippen LogP contribution in [-0.4, -0.2) is 254 Å². The van der Waals surface area contributed by atoms with E-state index in [4.69, 9.17) is 40.9 Å². The number of amides is 9. The first-order chi connectivity index (χ1) is 60.4. The Morgan fingerprint density at radius 1 is 0.281 bits per heavy atom. The van der Waals surface area contributed by atoms with Gasteiger partial charge in [-0.1, -0.05) is 126 Å².